The fraction of sp³-hybridized carbons (Fsp3) is 0.0769. The topological polar surface area (TPSA) is 60.3 Å². The van der Waals surface area contributed by atoms with Gasteiger partial charge in [-0.25, -0.2) is 0 Å². The molecule has 3 aromatic carbocycles. The molecule has 1 heterocycles. The SMILES string of the molecule is C=CC(=O)Nc1ccc(Oc2ccc(C)cc2)c(-c2cn(C)c(=O)c3ccccc23)c1. The van der Waals surface area contributed by atoms with Crippen molar-refractivity contribution < 1.29 is 9.53 Å². The summed E-state index contributed by atoms with van der Waals surface area (Å²) in [5.41, 5.74) is 3.26. The Morgan fingerprint density at radius 3 is 2.42 bits per heavy atom. The molecule has 0 fully saturated rings. The highest BCUT2D eigenvalue weighted by Crippen LogP contribution is 2.38. The zero-order valence-corrected chi connectivity index (χ0v) is 17.4. The Morgan fingerprint density at radius 1 is 1.00 bits per heavy atom. The molecule has 0 unspecified atom stereocenters. The average molecular weight is 410 g/mol. The third kappa shape index (κ3) is 4.12. The van der Waals surface area contributed by atoms with Gasteiger partial charge >= 0.3 is 0 Å². The summed E-state index contributed by atoms with van der Waals surface area (Å²) in [6, 6.07) is 20.7. The Hall–Kier alpha value is -4.12. The lowest BCUT2D eigenvalue weighted by atomic mass is 9.99. The summed E-state index contributed by atoms with van der Waals surface area (Å²) in [6.07, 6.45) is 3.01. The molecule has 1 N–H and O–H groups in total. The standard InChI is InChI=1S/C26H22N2O3/c1-4-25(29)27-18-11-14-24(31-19-12-9-17(2)10-13-19)22(15-18)23-16-28(3)26(30)21-8-6-5-7-20(21)23/h4-16H,1H2,2-3H3,(H,27,29). The summed E-state index contributed by atoms with van der Waals surface area (Å²) in [5.74, 6) is 1.01. The van der Waals surface area contributed by atoms with Gasteiger partial charge in [0.15, 0.2) is 0 Å². The van der Waals surface area contributed by atoms with Crippen LogP contribution in [0.25, 0.3) is 21.9 Å². The molecule has 0 spiro atoms. The van der Waals surface area contributed by atoms with Crippen LogP contribution in [0.5, 0.6) is 11.5 Å². The first-order valence-corrected chi connectivity index (χ1v) is 9.87. The van der Waals surface area contributed by atoms with Crippen molar-refractivity contribution in [2.75, 3.05) is 5.32 Å². The summed E-state index contributed by atoms with van der Waals surface area (Å²) in [4.78, 5) is 24.5. The summed E-state index contributed by atoms with van der Waals surface area (Å²) in [5, 5.41) is 4.22. The van der Waals surface area contributed by atoms with Crippen LogP contribution in [0.3, 0.4) is 0 Å². The smallest absolute Gasteiger partial charge is 0.258 e. The Balaban J connectivity index is 1.93. The zero-order chi connectivity index (χ0) is 22.0. The number of benzene rings is 3. The molecule has 5 nitrogen and oxygen atoms in total. The Morgan fingerprint density at radius 2 is 1.71 bits per heavy atom. The molecule has 0 saturated carbocycles. The third-order valence-electron chi connectivity index (χ3n) is 5.06. The molecule has 0 atom stereocenters. The number of pyridine rings is 1. The molecule has 0 bridgehead atoms. The first-order chi connectivity index (χ1) is 15.0. The maximum absolute atomic E-state index is 12.6. The van der Waals surface area contributed by atoms with Crippen molar-refractivity contribution in [2.45, 2.75) is 6.92 Å². The highest BCUT2D eigenvalue weighted by atomic mass is 16.5. The molecular weight excluding hydrogens is 388 g/mol. The number of aryl methyl sites for hydroxylation is 2. The lowest BCUT2D eigenvalue weighted by Crippen LogP contribution is -2.16. The fourth-order valence-electron chi connectivity index (χ4n) is 3.46. The number of anilines is 1. The number of hydrogen-bond donors (Lipinski definition) is 1. The minimum Gasteiger partial charge on any atom is -0.457 e. The third-order valence-corrected chi connectivity index (χ3v) is 5.06. The van der Waals surface area contributed by atoms with E-state index < -0.39 is 0 Å². The van der Waals surface area contributed by atoms with Crippen LogP contribution in [0.15, 0.2) is 90.4 Å². The first kappa shape index (κ1) is 20.2. The van der Waals surface area contributed by atoms with E-state index in [1.807, 2.05) is 67.6 Å². The van der Waals surface area contributed by atoms with Crippen LogP contribution in [0.4, 0.5) is 5.69 Å². The van der Waals surface area contributed by atoms with Crippen molar-refractivity contribution in [1.82, 2.24) is 4.57 Å². The summed E-state index contributed by atoms with van der Waals surface area (Å²) >= 11 is 0. The van der Waals surface area contributed by atoms with E-state index in [1.165, 1.54) is 6.08 Å². The van der Waals surface area contributed by atoms with Crippen LogP contribution in [-0.4, -0.2) is 10.5 Å². The molecule has 0 radical (unpaired) electrons. The number of fused-ring (bicyclic) bond motifs is 1. The normalized spacial score (nSPS) is 10.6. The van der Waals surface area contributed by atoms with Crippen LogP contribution < -0.4 is 15.6 Å². The Labute approximate surface area is 180 Å². The molecule has 5 heteroatoms. The molecule has 0 aliphatic carbocycles. The average Bonchev–Trinajstić information content (AvgIpc) is 2.78. The van der Waals surface area contributed by atoms with Gasteiger partial charge in [0.2, 0.25) is 5.91 Å². The largest absolute Gasteiger partial charge is 0.457 e. The highest BCUT2D eigenvalue weighted by molar-refractivity contribution is 6.01. The van der Waals surface area contributed by atoms with Gasteiger partial charge in [-0.3, -0.25) is 9.59 Å². The minimum atomic E-state index is -0.302. The van der Waals surface area contributed by atoms with Crippen LogP contribution >= 0.6 is 0 Å². The van der Waals surface area contributed by atoms with Crippen molar-refractivity contribution in [1.29, 1.82) is 0 Å². The quantitative estimate of drug-likeness (QED) is 0.446. The number of aromatic nitrogens is 1. The highest BCUT2D eigenvalue weighted by Gasteiger charge is 2.15. The second kappa shape index (κ2) is 8.32. The maximum atomic E-state index is 12.6. The van der Waals surface area contributed by atoms with E-state index >= 15 is 0 Å². The van der Waals surface area contributed by atoms with Crippen LogP contribution in [-0.2, 0) is 11.8 Å². The summed E-state index contributed by atoms with van der Waals surface area (Å²) < 4.78 is 7.76. The predicted molar refractivity (Wildman–Crippen MR) is 125 cm³/mol. The van der Waals surface area contributed by atoms with E-state index in [4.69, 9.17) is 4.74 Å². The number of hydrogen-bond acceptors (Lipinski definition) is 3. The number of amides is 1. The molecule has 31 heavy (non-hydrogen) atoms. The van der Waals surface area contributed by atoms with Crippen LogP contribution in [0.2, 0.25) is 0 Å². The molecule has 0 aliphatic heterocycles. The van der Waals surface area contributed by atoms with E-state index in [0.29, 0.717) is 22.6 Å². The van der Waals surface area contributed by atoms with Gasteiger partial charge in [0, 0.05) is 35.4 Å². The van der Waals surface area contributed by atoms with Gasteiger partial charge in [0.25, 0.3) is 5.56 Å². The molecule has 4 aromatic rings. The first-order valence-electron chi connectivity index (χ1n) is 9.87. The second-order valence-corrected chi connectivity index (χ2v) is 7.32. The molecule has 0 saturated heterocycles. The molecule has 1 amide bonds. The molecular formula is C26H22N2O3. The number of carbonyl (C=O) groups is 1. The van der Waals surface area contributed by atoms with Crippen molar-refractivity contribution in [3.63, 3.8) is 0 Å². The van der Waals surface area contributed by atoms with Gasteiger partial charge in [0.1, 0.15) is 11.5 Å². The number of nitrogens with zero attached hydrogens (tertiary/aromatic N) is 1. The van der Waals surface area contributed by atoms with Crippen molar-refractivity contribution in [3.05, 3.63) is 101 Å². The van der Waals surface area contributed by atoms with E-state index in [9.17, 15) is 9.59 Å². The number of ether oxygens (including phenoxy) is 1. The van der Waals surface area contributed by atoms with Crippen molar-refractivity contribution in [3.8, 4) is 22.6 Å². The van der Waals surface area contributed by atoms with Gasteiger partial charge in [-0.15, -0.1) is 0 Å². The van der Waals surface area contributed by atoms with Gasteiger partial charge in [-0.05, 0) is 54.8 Å². The molecule has 154 valence electrons. The minimum absolute atomic E-state index is 0.0727. The Kier molecular flexibility index (Phi) is 5.41. The van der Waals surface area contributed by atoms with E-state index in [0.717, 1.165) is 22.1 Å². The van der Waals surface area contributed by atoms with Gasteiger partial charge < -0.3 is 14.6 Å². The predicted octanol–water partition coefficient (Wildman–Crippen LogP) is 5.43. The van der Waals surface area contributed by atoms with Gasteiger partial charge in [0.05, 0.1) is 0 Å². The maximum Gasteiger partial charge on any atom is 0.258 e. The zero-order valence-electron chi connectivity index (χ0n) is 17.4. The van der Waals surface area contributed by atoms with E-state index in [2.05, 4.69) is 11.9 Å². The van der Waals surface area contributed by atoms with Crippen LogP contribution in [0, 0.1) is 6.92 Å². The molecule has 1 aromatic heterocycles. The summed E-state index contributed by atoms with van der Waals surface area (Å²) in [6.45, 7) is 5.52. The summed E-state index contributed by atoms with van der Waals surface area (Å²) in [7, 11) is 1.72. The second-order valence-electron chi connectivity index (χ2n) is 7.32. The lowest BCUT2D eigenvalue weighted by Gasteiger charge is -2.16. The van der Waals surface area contributed by atoms with Crippen molar-refractivity contribution in [2.24, 2.45) is 7.05 Å². The molecule has 0 aliphatic rings. The van der Waals surface area contributed by atoms with E-state index in [-0.39, 0.29) is 11.5 Å². The van der Waals surface area contributed by atoms with Crippen LogP contribution in [0.1, 0.15) is 5.56 Å². The number of nitrogens with one attached hydrogen (secondary N) is 1. The lowest BCUT2D eigenvalue weighted by molar-refractivity contribution is -0.111. The monoisotopic (exact) mass is 410 g/mol. The van der Waals surface area contributed by atoms with Gasteiger partial charge in [-0.2, -0.15) is 0 Å². The number of carbonyl (C=O) groups excluding carboxylic acids is 1. The molecule has 4 rings (SSSR count). The van der Waals surface area contributed by atoms with Crippen molar-refractivity contribution >= 4 is 22.4 Å². The Bertz CT molecular complexity index is 1350. The van der Waals surface area contributed by atoms with E-state index in [1.54, 1.807) is 23.9 Å². The van der Waals surface area contributed by atoms with Gasteiger partial charge in [-0.1, -0.05) is 42.5 Å². The number of rotatable bonds is 5. The fourth-order valence-corrected chi connectivity index (χ4v) is 3.46.